The Bertz CT molecular complexity index is 365. The zero-order valence-corrected chi connectivity index (χ0v) is 9.00. The lowest BCUT2D eigenvalue weighted by Crippen LogP contribution is -2.25. The fourth-order valence-corrected chi connectivity index (χ4v) is 1.49. The number of hydrogen-bond donors (Lipinski definition) is 1. The Morgan fingerprint density at radius 3 is 3.00 bits per heavy atom. The van der Waals surface area contributed by atoms with Crippen LogP contribution in [0.3, 0.4) is 0 Å². The molecule has 1 heterocycles. The van der Waals surface area contributed by atoms with Gasteiger partial charge in [-0.2, -0.15) is 0 Å². The number of carbonyl (C=O) groups is 1. The average molecular weight is 226 g/mol. The van der Waals surface area contributed by atoms with Crippen LogP contribution in [0.4, 0.5) is 0 Å². The highest BCUT2D eigenvalue weighted by Crippen LogP contribution is 2.31. The number of nitrogens with zero attached hydrogens (tertiary/aromatic N) is 2. The summed E-state index contributed by atoms with van der Waals surface area (Å²) in [5.74, 6) is 0.612. The molecule has 15 heavy (non-hydrogen) atoms. The first kappa shape index (κ1) is 10.4. The quantitative estimate of drug-likeness (QED) is 0.848. The van der Waals surface area contributed by atoms with Gasteiger partial charge in [0.15, 0.2) is 0 Å². The van der Waals surface area contributed by atoms with Gasteiger partial charge in [-0.1, -0.05) is 24.4 Å². The molecule has 0 aromatic carbocycles. The summed E-state index contributed by atoms with van der Waals surface area (Å²) in [5.41, 5.74) is 0.276. The van der Waals surface area contributed by atoms with Crippen molar-refractivity contribution >= 4 is 17.5 Å². The zero-order chi connectivity index (χ0) is 10.7. The van der Waals surface area contributed by atoms with E-state index in [1.165, 1.54) is 25.2 Å². The van der Waals surface area contributed by atoms with Crippen LogP contribution in [0.1, 0.15) is 29.8 Å². The smallest absolute Gasteiger partial charge is 0.271 e. The van der Waals surface area contributed by atoms with Gasteiger partial charge >= 0.3 is 0 Å². The summed E-state index contributed by atoms with van der Waals surface area (Å²) in [4.78, 5) is 19.2. The molecule has 0 bridgehead atoms. The van der Waals surface area contributed by atoms with Crippen LogP contribution < -0.4 is 5.32 Å². The van der Waals surface area contributed by atoms with E-state index in [9.17, 15) is 4.79 Å². The highest BCUT2D eigenvalue weighted by molar-refractivity contribution is 6.29. The molecule has 5 heteroatoms. The molecule has 1 aromatic heterocycles. The summed E-state index contributed by atoms with van der Waals surface area (Å²) >= 11 is 5.63. The fourth-order valence-electron chi connectivity index (χ4n) is 1.34. The van der Waals surface area contributed by atoms with Gasteiger partial charge in [-0.05, 0) is 12.3 Å². The Hall–Kier alpha value is -1.16. The molecule has 1 amide bonds. The molecule has 1 aromatic rings. The molecule has 1 N–H and O–H groups in total. The van der Waals surface area contributed by atoms with E-state index in [0.717, 1.165) is 12.3 Å². The standard InChI is InChI=1S/C10H12ClN3O/c11-9-6-12-5-8(14-9)10(15)13-4-3-7-1-2-7/h5-7H,1-4H2,(H,13,15). The molecule has 80 valence electrons. The number of aromatic nitrogens is 2. The van der Waals surface area contributed by atoms with Crippen molar-refractivity contribution in [2.24, 2.45) is 5.92 Å². The molecule has 0 atom stereocenters. The topological polar surface area (TPSA) is 54.9 Å². The van der Waals surface area contributed by atoms with Crippen molar-refractivity contribution in [1.29, 1.82) is 0 Å². The minimum atomic E-state index is -0.203. The summed E-state index contributed by atoms with van der Waals surface area (Å²) in [7, 11) is 0. The minimum Gasteiger partial charge on any atom is -0.351 e. The summed E-state index contributed by atoms with van der Waals surface area (Å²) in [5, 5.41) is 3.04. The van der Waals surface area contributed by atoms with Crippen molar-refractivity contribution in [3.8, 4) is 0 Å². The highest BCUT2D eigenvalue weighted by atomic mass is 35.5. The fraction of sp³-hybridized carbons (Fsp3) is 0.500. The maximum atomic E-state index is 11.5. The number of amides is 1. The molecule has 0 unspecified atom stereocenters. The Kier molecular flexibility index (Phi) is 3.16. The van der Waals surface area contributed by atoms with Gasteiger partial charge in [-0.3, -0.25) is 9.78 Å². The second kappa shape index (κ2) is 4.57. The normalized spacial score (nSPS) is 15.0. The number of rotatable bonds is 4. The number of halogens is 1. The van der Waals surface area contributed by atoms with E-state index in [1.54, 1.807) is 0 Å². The van der Waals surface area contributed by atoms with Crippen molar-refractivity contribution in [1.82, 2.24) is 15.3 Å². The molecule has 4 nitrogen and oxygen atoms in total. The Morgan fingerprint density at radius 1 is 1.53 bits per heavy atom. The summed E-state index contributed by atoms with van der Waals surface area (Å²) in [6.45, 7) is 0.706. The van der Waals surface area contributed by atoms with E-state index < -0.39 is 0 Å². The summed E-state index contributed by atoms with van der Waals surface area (Å²) in [6.07, 6.45) is 6.47. The Balaban J connectivity index is 1.83. The summed E-state index contributed by atoms with van der Waals surface area (Å²) in [6, 6.07) is 0. The predicted molar refractivity (Wildman–Crippen MR) is 56.7 cm³/mol. The van der Waals surface area contributed by atoms with Crippen LogP contribution in [0.25, 0.3) is 0 Å². The molecular formula is C10H12ClN3O. The van der Waals surface area contributed by atoms with Gasteiger partial charge in [-0.15, -0.1) is 0 Å². The van der Waals surface area contributed by atoms with Gasteiger partial charge in [0.2, 0.25) is 0 Å². The van der Waals surface area contributed by atoms with Crippen LogP contribution >= 0.6 is 11.6 Å². The van der Waals surface area contributed by atoms with Gasteiger partial charge < -0.3 is 5.32 Å². The Labute approximate surface area is 93.1 Å². The lowest BCUT2D eigenvalue weighted by Gasteiger charge is -2.03. The van der Waals surface area contributed by atoms with Crippen molar-refractivity contribution < 1.29 is 4.79 Å². The molecule has 0 aliphatic heterocycles. The maximum absolute atomic E-state index is 11.5. The molecule has 2 rings (SSSR count). The van der Waals surface area contributed by atoms with Crippen molar-refractivity contribution in [2.45, 2.75) is 19.3 Å². The molecule has 1 aliphatic rings. The van der Waals surface area contributed by atoms with Crippen molar-refractivity contribution in [2.75, 3.05) is 6.54 Å². The third-order valence-electron chi connectivity index (χ3n) is 2.37. The van der Waals surface area contributed by atoms with Crippen LogP contribution in [0.5, 0.6) is 0 Å². The van der Waals surface area contributed by atoms with E-state index in [1.807, 2.05) is 0 Å². The molecule has 0 radical (unpaired) electrons. The second-order valence-corrected chi connectivity index (χ2v) is 4.10. The lowest BCUT2D eigenvalue weighted by molar-refractivity contribution is 0.0947. The van der Waals surface area contributed by atoms with Crippen LogP contribution in [0.2, 0.25) is 5.15 Å². The van der Waals surface area contributed by atoms with Crippen LogP contribution in [0, 0.1) is 5.92 Å². The van der Waals surface area contributed by atoms with Gasteiger partial charge in [-0.25, -0.2) is 4.98 Å². The molecule has 1 fully saturated rings. The van der Waals surface area contributed by atoms with E-state index in [-0.39, 0.29) is 16.8 Å². The monoisotopic (exact) mass is 225 g/mol. The molecule has 0 saturated heterocycles. The molecule has 0 spiro atoms. The SMILES string of the molecule is O=C(NCCC1CC1)c1cncc(Cl)n1. The number of carbonyl (C=O) groups excluding carboxylic acids is 1. The first-order valence-electron chi connectivity index (χ1n) is 5.01. The van der Waals surface area contributed by atoms with Crippen LogP contribution in [-0.4, -0.2) is 22.4 Å². The van der Waals surface area contributed by atoms with E-state index in [4.69, 9.17) is 11.6 Å². The minimum absolute atomic E-state index is 0.203. The highest BCUT2D eigenvalue weighted by Gasteiger charge is 2.20. The first-order chi connectivity index (χ1) is 7.25. The molecule has 1 aliphatic carbocycles. The van der Waals surface area contributed by atoms with E-state index in [2.05, 4.69) is 15.3 Å². The average Bonchev–Trinajstić information content (AvgIpc) is 3.01. The third-order valence-corrected chi connectivity index (χ3v) is 2.55. The second-order valence-electron chi connectivity index (χ2n) is 3.71. The third kappa shape index (κ3) is 3.16. The van der Waals surface area contributed by atoms with E-state index >= 15 is 0 Å². The van der Waals surface area contributed by atoms with Gasteiger partial charge in [0.25, 0.3) is 5.91 Å². The zero-order valence-electron chi connectivity index (χ0n) is 8.24. The van der Waals surface area contributed by atoms with Gasteiger partial charge in [0.05, 0.1) is 12.4 Å². The predicted octanol–water partition coefficient (Wildman–Crippen LogP) is 1.66. The summed E-state index contributed by atoms with van der Waals surface area (Å²) < 4.78 is 0. The van der Waals surface area contributed by atoms with Gasteiger partial charge in [0, 0.05) is 6.54 Å². The Morgan fingerprint density at radius 2 is 2.33 bits per heavy atom. The molecule has 1 saturated carbocycles. The molecular weight excluding hydrogens is 214 g/mol. The largest absolute Gasteiger partial charge is 0.351 e. The van der Waals surface area contributed by atoms with Crippen LogP contribution in [0.15, 0.2) is 12.4 Å². The maximum Gasteiger partial charge on any atom is 0.271 e. The van der Waals surface area contributed by atoms with Gasteiger partial charge in [0.1, 0.15) is 10.8 Å². The van der Waals surface area contributed by atoms with E-state index in [0.29, 0.717) is 6.54 Å². The van der Waals surface area contributed by atoms with Crippen molar-refractivity contribution in [3.63, 3.8) is 0 Å². The number of nitrogens with one attached hydrogen (secondary N) is 1. The lowest BCUT2D eigenvalue weighted by atomic mass is 10.3. The first-order valence-corrected chi connectivity index (χ1v) is 5.39. The number of hydrogen-bond acceptors (Lipinski definition) is 3. The van der Waals surface area contributed by atoms with Crippen LogP contribution in [-0.2, 0) is 0 Å². The van der Waals surface area contributed by atoms with Crippen molar-refractivity contribution in [3.05, 3.63) is 23.2 Å².